The van der Waals surface area contributed by atoms with E-state index < -0.39 is 12.0 Å². The number of hydrogen-bond donors (Lipinski definition) is 3. The van der Waals surface area contributed by atoms with E-state index in [9.17, 15) is 14.7 Å². The molecule has 6 heteroatoms. The van der Waals surface area contributed by atoms with Crippen LogP contribution in [0.4, 0.5) is 0 Å². The lowest BCUT2D eigenvalue weighted by Crippen LogP contribution is -2.45. The molecule has 0 aromatic rings. The number of aliphatic carboxylic acids is 1. The molecule has 0 aliphatic rings. The van der Waals surface area contributed by atoms with Gasteiger partial charge < -0.3 is 14.9 Å². The molecule has 27 heavy (non-hydrogen) atoms. The van der Waals surface area contributed by atoms with E-state index in [1.165, 1.54) is 32.1 Å². The lowest BCUT2D eigenvalue weighted by molar-refractivity contribution is -0.869. The Morgan fingerprint density at radius 2 is 1.52 bits per heavy atom. The van der Waals surface area contributed by atoms with E-state index in [0.29, 0.717) is 25.9 Å². The van der Waals surface area contributed by atoms with Crippen LogP contribution in [0.2, 0.25) is 0 Å². The van der Waals surface area contributed by atoms with Crippen LogP contribution in [-0.2, 0) is 9.59 Å². The summed E-state index contributed by atoms with van der Waals surface area (Å²) >= 11 is 0. The zero-order valence-corrected chi connectivity index (χ0v) is 18.2. The molecule has 3 N–H and O–H groups in total. The predicted molar refractivity (Wildman–Crippen MR) is 112 cm³/mol. The summed E-state index contributed by atoms with van der Waals surface area (Å²) in [4.78, 5) is 23.1. The maximum absolute atomic E-state index is 11.8. The molecular formula is C21H44N3O3+. The van der Waals surface area contributed by atoms with E-state index in [1.54, 1.807) is 0 Å². The number of unbranched alkanes of at least 4 members (excludes halogenated alkanes) is 7. The highest BCUT2D eigenvalue weighted by Crippen LogP contribution is 2.08. The Morgan fingerprint density at radius 1 is 0.889 bits per heavy atom. The molecule has 0 aliphatic carbocycles. The first-order valence-electron chi connectivity index (χ1n) is 10.8. The highest BCUT2D eigenvalue weighted by atomic mass is 16.4. The van der Waals surface area contributed by atoms with Gasteiger partial charge in [0, 0.05) is 19.5 Å². The maximum Gasteiger partial charge on any atom is 0.320 e. The van der Waals surface area contributed by atoms with Crippen molar-refractivity contribution in [2.75, 3.05) is 40.8 Å². The van der Waals surface area contributed by atoms with Gasteiger partial charge in [-0.25, -0.2) is 0 Å². The molecule has 0 fully saturated rings. The first-order valence-corrected chi connectivity index (χ1v) is 10.8. The Kier molecular flexibility index (Phi) is 15.2. The normalized spacial score (nSPS) is 12.7. The SMILES string of the molecule is CCCCCCCCCC(=O)NCCCC[C@H](NCC[N+](C)(C)C)C(=O)O. The van der Waals surface area contributed by atoms with Crippen LogP contribution in [0.5, 0.6) is 0 Å². The molecule has 1 atom stereocenters. The maximum atomic E-state index is 11.8. The van der Waals surface area contributed by atoms with Gasteiger partial charge in [0.1, 0.15) is 6.04 Å². The third-order valence-electron chi connectivity index (χ3n) is 4.72. The van der Waals surface area contributed by atoms with Crippen LogP contribution >= 0.6 is 0 Å². The van der Waals surface area contributed by atoms with Gasteiger partial charge in [-0.15, -0.1) is 0 Å². The Hall–Kier alpha value is -1.14. The molecule has 0 bridgehead atoms. The second kappa shape index (κ2) is 15.9. The number of nitrogens with one attached hydrogen (secondary N) is 2. The second-order valence-corrected chi connectivity index (χ2v) is 8.58. The summed E-state index contributed by atoms with van der Waals surface area (Å²) in [5, 5.41) is 15.4. The van der Waals surface area contributed by atoms with Gasteiger partial charge in [0.05, 0.1) is 27.7 Å². The number of carboxylic acids is 1. The number of amides is 1. The second-order valence-electron chi connectivity index (χ2n) is 8.58. The smallest absolute Gasteiger partial charge is 0.320 e. The minimum atomic E-state index is -0.792. The van der Waals surface area contributed by atoms with Crippen LogP contribution in [0, 0.1) is 0 Å². The van der Waals surface area contributed by atoms with Gasteiger partial charge in [-0.1, -0.05) is 45.4 Å². The molecule has 0 radical (unpaired) electrons. The van der Waals surface area contributed by atoms with Crippen LogP contribution < -0.4 is 10.6 Å². The first-order chi connectivity index (χ1) is 12.8. The lowest BCUT2D eigenvalue weighted by Gasteiger charge is -2.25. The quantitative estimate of drug-likeness (QED) is 0.250. The number of carbonyl (C=O) groups is 2. The Morgan fingerprint density at radius 3 is 2.11 bits per heavy atom. The van der Waals surface area contributed by atoms with Gasteiger partial charge in [-0.3, -0.25) is 14.9 Å². The monoisotopic (exact) mass is 386 g/mol. The van der Waals surface area contributed by atoms with Crippen LogP contribution in [0.3, 0.4) is 0 Å². The van der Waals surface area contributed by atoms with E-state index in [0.717, 1.165) is 36.7 Å². The van der Waals surface area contributed by atoms with E-state index in [2.05, 4.69) is 38.7 Å². The lowest BCUT2D eigenvalue weighted by atomic mass is 10.1. The number of likely N-dealkylation sites (N-methyl/N-ethyl adjacent to an activating group) is 1. The molecule has 0 heterocycles. The summed E-state index contributed by atoms with van der Waals surface area (Å²) in [5.41, 5.74) is 0. The van der Waals surface area contributed by atoms with Gasteiger partial charge in [0.2, 0.25) is 5.91 Å². The van der Waals surface area contributed by atoms with E-state index >= 15 is 0 Å². The average molecular weight is 387 g/mol. The fourth-order valence-corrected chi connectivity index (χ4v) is 2.92. The molecule has 160 valence electrons. The van der Waals surface area contributed by atoms with Crippen molar-refractivity contribution >= 4 is 11.9 Å². The Balaban J connectivity index is 3.65. The van der Waals surface area contributed by atoms with Crippen LogP contribution in [0.25, 0.3) is 0 Å². The van der Waals surface area contributed by atoms with Crippen LogP contribution in [0.15, 0.2) is 0 Å². The molecule has 0 unspecified atom stereocenters. The molecule has 0 aromatic carbocycles. The fraction of sp³-hybridized carbons (Fsp3) is 0.905. The van der Waals surface area contributed by atoms with Gasteiger partial charge in [0.25, 0.3) is 0 Å². The van der Waals surface area contributed by atoms with Crippen molar-refractivity contribution in [3.63, 3.8) is 0 Å². The van der Waals surface area contributed by atoms with Crippen molar-refractivity contribution in [1.82, 2.24) is 10.6 Å². The number of rotatable bonds is 18. The highest BCUT2D eigenvalue weighted by Gasteiger charge is 2.17. The third kappa shape index (κ3) is 18.0. The van der Waals surface area contributed by atoms with Gasteiger partial charge in [-0.05, 0) is 25.7 Å². The Bertz CT molecular complexity index is 395. The van der Waals surface area contributed by atoms with E-state index in [4.69, 9.17) is 0 Å². The molecule has 0 aromatic heterocycles. The summed E-state index contributed by atoms with van der Waals surface area (Å²) in [6, 6.07) is -0.500. The van der Waals surface area contributed by atoms with Crippen molar-refractivity contribution in [2.45, 2.75) is 83.6 Å². The molecule has 0 spiro atoms. The first kappa shape index (κ1) is 25.9. The standard InChI is InChI=1S/C21H43N3O3/c1-5-6-7-8-9-10-11-15-20(25)23-16-13-12-14-19(21(26)27)22-17-18-24(2,3)4/h19,22H,5-18H2,1-4H3,(H-,23,25,26,27)/p+1/t19-/m0/s1. The predicted octanol–water partition coefficient (Wildman–Crippen LogP) is 3.16. The van der Waals surface area contributed by atoms with Crippen LogP contribution in [-0.4, -0.2) is 68.3 Å². The van der Waals surface area contributed by atoms with Crippen molar-refractivity contribution in [3.8, 4) is 0 Å². The largest absolute Gasteiger partial charge is 0.480 e. The summed E-state index contributed by atoms with van der Waals surface area (Å²) in [6.45, 7) is 4.43. The Labute approximate surface area is 166 Å². The van der Waals surface area contributed by atoms with Crippen molar-refractivity contribution < 1.29 is 19.2 Å². The molecule has 0 aliphatic heterocycles. The highest BCUT2D eigenvalue weighted by molar-refractivity contribution is 5.75. The summed E-state index contributed by atoms with van der Waals surface area (Å²) in [7, 11) is 6.27. The minimum absolute atomic E-state index is 0.124. The van der Waals surface area contributed by atoms with Crippen molar-refractivity contribution in [1.29, 1.82) is 0 Å². The number of carbonyl (C=O) groups excluding carboxylic acids is 1. The zero-order chi connectivity index (χ0) is 20.5. The summed E-state index contributed by atoms with van der Waals surface area (Å²) < 4.78 is 0.810. The summed E-state index contributed by atoms with van der Waals surface area (Å²) in [5.74, 6) is -0.668. The minimum Gasteiger partial charge on any atom is -0.480 e. The van der Waals surface area contributed by atoms with Gasteiger partial charge >= 0.3 is 5.97 Å². The third-order valence-corrected chi connectivity index (χ3v) is 4.72. The van der Waals surface area contributed by atoms with Gasteiger partial charge in [-0.2, -0.15) is 0 Å². The summed E-state index contributed by atoms with van der Waals surface area (Å²) in [6.07, 6.45) is 11.3. The molecule has 1 amide bonds. The number of nitrogens with zero attached hydrogens (tertiary/aromatic N) is 1. The average Bonchev–Trinajstić information content (AvgIpc) is 2.58. The van der Waals surface area contributed by atoms with Crippen molar-refractivity contribution in [2.24, 2.45) is 0 Å². The fourth-order valence-electron chi connectivity index (χ4n) is 2.92. The molecule has 0 rings (SSSR count). The molecule has 0 saturated carbocycles. The molecular weight excluding hydrogens is 342 g/mol. The van der Waals surface area contributed by atoms with E-state index in [1.807, 2.05) is 0 Å². The number of hydrogen-bond acceptors (Lipinski definition) is 3. The topological polar surface area (TPSA) is 78.4 Å². The van der Waals surface area contributed by atoms with E-state index in [-0.39, 0.29) is 5.91 Å². The van der Waals surface area contributed by atoms with Crippen molar-refractivity contribution in [3.05, 3.63) is 0 Å². The van der Waals surface area contributed by atoms with Crippen LogP contribution in [0.1, 0.15) is 77.6 Å². The van der Waals surface area contributed by atoms with Gasteiger partial charge in [0.15, 0.2) is 0 Å². The molecule has 0 saturated heterocycles. The number of carboxylic acid groups (broad SMARTS) is 1. The number of quaternary nitrogens is 1. The zero-order valence-electron chi connectivity index (χ0n) is 18.2. The molecule has 6 nitrogen and oxygen atoms in total.